The highest BCUT2D eigenvalue weighted by molar-refractivity contribution is 5.26. The van der Waals surface area contributed by atoms with Gasteiger partial charge in [0, 0.05) is 7.11 Å². The van der Waals surface area contributed by atoms with Crippen molar-refractivity contribution in [3.63, 3.8) is 0 Å². The van der Waals surface area contributed by atoms with E-state index in [9.17, 15) is 0 Å². The van der Waals surface area contributed by atoms with Crippen LogP contribution in [-0.2, 0) is 4.74 Å². The zero-order valence-electron chi connectivity index (χ0n) is 11.8. The summed E-state index contributed by atoms with van der Waals surface area (Å²) >= 11 is 0. The van der Waals surface area contributed by atoms with E-state index in [4.69, 9.17) is 10.5 Å². The standard InChI is InChI=1S/C16H25NO/c1-12-6-8-14(9-7-12)15(17)16(18-3)10-4-5-13(2)11-16/h6-9,13,15H,4-5,10-11,17H2,1-3H3. The Morgan fingerprint density at radius 1 is 1.33 bits per heavy atom. The number of hydrogen-bond acceptors (Lipinski definition) is 2. The lowest BCUT2D eigenvalue weighted by atomic mass is 9.73. The molecule has 3 atom stereocenters. The summed E-state index contributed by atoms with van der Waals surface area (Å²) in [4.78, 5) is 0. The molecule has 1 aliphatic rings. The molecule has 0 saturated heterocycles. The molecule has 1 saturated carbocycles. The van der Waals surface area contributed by atoms with Gasteiger partial charge in [-0.2, -0.15) is 0 Å². The van der Waals surface area contributed by atoms with Crippen molar-refractivity contribution in [3.05, 3.63) is 35.4 Å². The molecular formula is C16H25NO. The van der Waals surface area contributed by atoms with Crippen molar-refractivity contribution >= 4 is 0 Å². The van der Waals surface area contributed by atoms with Crippen molar-refractivity contribution in [3.8, 4) is 0 Å². The maximum absolute atomic E-state index is 6.50. The van der Waals surface area contributed by atoms with Crippen LogP contribution in [0.25, 0.3) is 0 Å². The molecule has 100 valence electrons. The summed E-state index contributed by atoms with van der Waals surface area (Å²) in [5, 5.41) is 0. The number of nitrogens with two attached hydrogens (primary N) is 1. The van der Waals surface area contributed by atoms with Gasteiger partial charge in [-0.1, -0.05) is 49.6 Å². The lowest BCUT2D eigenvalue weighted by Gasteiger charge is -2.43. The average Bonchev–Trinajstić information content (AvgIpc) is 2.38. The minimum atomic E-state index is -0.174. The number of ether oxygens (including phenoxy) is 1. The Bertz CT molecular complexity index is 387. The third kappa shape index (κ3) is 2.60. The zero-order valence-corrected chi connectivity index (χ0v) is 11.8. The number of hydrogen-bond donors (Lipinski definition) is 1. The molecule has 0 heterocycles. The third-order valence-corrected chi connectivity index (χ3v) is 4.40. The lowest BCUT2D eigenvalue weighted by molar-refractivity contribution is -0.0718. The van der Waals surface area contributed by atoms with E-state index in [1.165, 1.54) is 24.0 Å². The van der Waals surface area contributed by atoms with Gasteiger partial charge >= 0.3 is 0 Å². The second-order valence-electron chi connectivity index (χ2n) is 5.86. The highest BCUT2D eigenvalue weighted by Gasteiger charge is 2.40. The summed E-state index contributed by atoms with van der Waals surface area (Å²) in [6.07, 6.45) is 4.65. The molecule has 2 heteroatoms. The van der Waals surface area contributed by atoms with Crippen LogP contribution in [0, 0.1) is 12.8 Å². The van der Waals surface area contributed by atoms with Crippen molar-refractivity contribution in [1.29, 1.82) is 0 Å². The van der Waals surface area contributed by atoms with Gasteiger partial charge < -0.3 is 10.5 Å². The van der Waals surface area contributed by atoms with E-state index >= 15 is 0 Å². The summed E-state index contributed by atoms with van der Waals surface area (Å²) in [5.41, 5.74) is 8.79. The van der Waals surface area contributed by atoms with E-state index in [1.54, 1.807) is 0 Å². The van der Waals surface area contributed by atoms with E-state index < -0.39 is 0 Å². The fraction of sp³-hybridized carbons (Fsp3) is 0.625. The van der Waals surface area contributed by atoms with Gasteiger partial charge in [0.15, 0.2) is 0 Å². The van der Waals surface area contributed by atoms with E-state index in [2.05, 4.69) is 38.1 Å². The molecule has 0 aromatic heterocycles. The van der Waals surface area contributed by atoms with Crippen molar-refractivity contribution < 1.29 is 4.74 Å². The van der Waals surface area contributed by atoms with Gasteiger partial charge in [0.1, 0.15) is 0 Å². The maximum atomic E-state index is 6.50. The number of aryl methyl sites for hydroxylation is 1. The smallest absolute Gasteiger partial charge is 0.0872 e. The molecule has 2 nitrogen and oxygen atoms in total. The van der Waals surface area contributed by atoms with Crippen LogP contribution in [0.5, 0.6) is 0 Å². The highest BCUT2D eigenvalue weighted by Crippen LogP contribution is 2.42. The normalized spacial score (nSPS) is 30.1. The van der Waals surface area contributed by atoms with Crippen molar-refractivity contribution in [1.82, 2.24) is 0 Å². The first kappa shape index (κ1) is 13.6. The fourth-order valence-electron chi connectivity index (χ4n) is 3.22. The SMILES string of the molecule is COC1(C(N)c2ccc(C)cc2)CCCC(C)C1. The van der Waals surface area contributed by atoms with E-state index in [1.807, 2.05) is 7.11 Å². The number of rotatable bonds is 3. The number of benzene rings is 1. The molecule has 1 aliphatic carbocycles. The summed E-state index contributed by atoms with van der Waals surface area (Å²) in [5.74, 6) is 0.704. The molecule has 3 unspecified atom stereocenters. The van der Waals surface area contributed by atoms with E-state index in [0.29, 0.717) is 5.92 Å². The quantitative estimate of drug-likeness (QED) is 0.886. The third-order valence-electron chi connectivity index (χ3n) is 4.40. The average molecular weight is 247 g/mol. The van der Waals surface area contributed by atoms with Gasteiger partial charge in [-0.25, -0.2) is 0 Å². The highest BCUT2D eigenvalue weighted by atomic mass is 16.5. The lowest BCUT2D eigenvalue weighted by Crippen LogP contribution is -2.46. The van der Waals surface area contributed by atoms with E-state index in [0.717, 1.165) is 12.8 Å². The summed E-state index contributed by atoms with van der Waals surface area (Å²) in [7, 11) is 1.81. The largest absolute Gasteiger partial charge is 0.376 e. The molecule has 0 bridgehead atoms. The van der Waals surface area contributed by atoms with Crippen molar-refractivity contribution in [2.24, 2.45) is 11.7 Å². The van der Waals surface area contributed by atoms with Gasteiger partial charge in [-0.3, -0.25) is 0 Å². The molecule has 0 amide bonds. The summed E-state index contributed by atoms with van der Waals surface area (Å²) in [6.45, 7) is 4.40. The molecule has 0 spiro atoms. The van der Waals surface area contributed by atoms with Crippen LogP contribution in [0.4, 0.5) is 0 Å². The van der Waals surface area contributed by atoms with Crippen LogP contribution in [0.3, 0.4) is 0 Å². The predicted octanol–water partition coefficient (Wildman–Crippen LogP) is 3.59. The fourth-order valence-corrected chi connectivity index (χ4v) is 3.22. The Morgan fingerprint density at radius 2 is 2.00 bits per heavy atom. The predicted molar refractivity (Wildman–Crippen MR) is 75.5 cm³/mol. The van der Waals surface area contributed by atoms with Crippen LogP contribution in [-0.4, -0.2) is 12.7 Å². The Hall–Kier alpha value is -0.860. The van der Waals surface area contributed by atoms with Crippen LogP contribution >= 0.6 is 0 Å². The molecule has 2 rings (SSSR count). The van der Waals surface area contributed by atoms with Gasteiger partial charge in [-0.05, 0) is 31.2 Å². The molecule has 0 aliphatic heterocycles. The van der Waals surface area contributed by atoms with Crippen LogP contribution in [0.2, 0.25) is 0 Å². The van der Waals surface area contributed by atoms with Crippen LogP contribution in [0.15, 0.2) is 24.3 Å². The minimum absolute atomic E-state index is 0.0224. The first-order valence-electron chi connectivity index (χ1n) is 6.95. The van der Waals surface area contributed by atoms with Crippen LogP contribution < -0.4 is 5.73 Å². The summed E-state index contributed by atoms with van der Waals surface area (Å²) in [6, 6.07) is 8.52. The first-order valence-corrected chi connectivity index (χ1v) is 6.95. The minimum Gasteiger partial charge on any atom is -0.376 e. The van der Waals surface area contributed by atoms with Gasteiger partial charge in [-0.15, -0.1) is 0 Å². The molecule has 0 radical (unpaired) electrons. The molecule has 1 aromatic rings. The van der Waals surface area contributed by atoms with Gasteiger partial charge in [0.25, 0.3) is 0 Å². The maximum Gasteiger partial charge on any atom is 0.0872 e. The van der Waals surface area contributed by atoms with Crippen molar-refractivity contribution in [2.75, 3.05) is 7.11 Å². The van der Waals surface area contributed by atoms with Crippen molar-refractivity contribution in [2.45, 2.75) is 51.2 Å². The Kier molecular flexibility index (Phi) is 4.08. The second kappa shape index (κ2) is 5.41. The van der Waals surface area contributed by atoms with Gasteiger partial charge in [0.2, 0.25) is 0 Å². The Labute approximate surface area is 111 Å². The molecular weight excluding hydrogens is 222 g/mol. The number of methoxy groups -OCH3 is 1. The first-order chi connectivity index (χ1) is 8.57. The topological polar surface area (TPSA) is 35.2 Å². The van der Waals surface area contributed by atoms with E-state index in [-0.39, 0.29) is 11.6 Å². The van der Waals surface area contributed by atoms with Crippen LogP contribution in [0.1, 0.15) is 49.8 Å². The zero-order chi connectivity index (χ0) is 13.2. The van der Waals surface area contributed by atoms with Gasteiger partial charge in [0.05, 0.1) is 11.6 Å². The Balaban J connectivity index is 2.23. The second-order valence-corrected chi connectivity index (χ2v) is 5.86. The Morgan fingerprint density at radius 3 is 2.56 bits per heavy atom. The molecule has 1 fully saturated rings. The molecule has 1 aromatic carbocycles. The summed E-state index contributed by atoms with van der Waals surface area (Å²) < 4.78 is 5.87. The molecule has 18 heavy (non-hydrogen) atoms. The molecule has 2 N–H and O–H groups in total. The monoisotopic (exact) mass is 247 g/mol.